The van der Waals surface area contributed by atoms with Crippen molar-refractivity contribution in [2.75, 3.05) is 12.9 Å². The summed E-state index contributed by atoms with van der Waals surface area (Å²) in [6.07, 6.45) is 2.00. The summed E-state index contributed by atoms with van der Waals surface area (Å²) in [5.74, 6) is 0. The van der Waals surface area contributed by atoms with Gasteiger partial charge in [-0.1, -0.05) is 0 Å². The van der Waals surface area contributed by atoms with Gasteiger partial charge in [0.2, 0.25) is 0 Å². The molecule has 0 aromatic carbocycles. The van der Waals surface area contributed by atoms with Gasteiger partial charge in [0.1, 0.15) is 11.8 Å². The molecule has 0 bridgehead atoms. The molecule has 1 aromatic heterocycles. The standard InChI is InChI=1S/C13H21N3OS/c1-9(13(8-17)18-4)15-7-11-5-12(6-14)16(3)10(11)2/h5,9,13,15,17H,7-8H2,1-4H3. The second-order valence-corrected chi connectivity index (χ2v) is 5.51. The SMILES string of the molecule is CSC(CO)C(C)NCc1cc(C#N)n(C)c1C. The Morgan fingerprint density at radius 1 is 1.61 bits per heavy atom. The van der Waals surface area contributed by atoms with Crippen LogP contribution in [-0.4, -0.2) is 33.8 Å². The molecule has 0 amide bonds. The molecule has 1 rings (SSSR count). The number of hydrogen-bond donors (Lipinski definition) is 2. The molecule has 0 aliphatic heterocycles. The fourth-order valence-electron chi connectivity index (χ4n) is 1.89. The van der Waals surface area contributed by atoms with Gasteiger partial charge in [0.25, 0.3) is 0 Å². The Morgan fingerprint density at radius 2 is 2.28 bits per heavy atom. The molecule has 100 valence electrons. The van der Waals surface area contributed by atoms with Crippen molar-refractivity contribution in [2.24, 2.45) is 7.05 Å². The zero-order chi connectivity index (χ0) is 13.7. The number of rotatable bonds is 6. The van der Waals surface area contributed by atoms with E-state index in [1.165, 1.54) is 0 Å². The van der Waals surface area contributed by atoms with Crippen LogP contribution < -0.4 is 5.32 Å². The van der Waals surface area contributed by atoms with Gasteiger partial charge in [-0.2, -0.15) is 17.0 Å². The van der Waals surface area contributed by atoms with E-state index in [1.807, 2.05) is 30.9 Å². The second-order valence-electron chi connectivity index (χ2n) is 4.44. The Morgan fingerprint density at radius 3 is 2.72 bits per heavy atom. The molecule has 0 spiro atoms. The Kier molecular flexibility index (Phi) is 5.73. The van der Waals surface area contributed by atoms with E-state index < -0.39 is 0 Å². The largest absolute Gasteiger partial charge is 0.395 e. The third kappa shape index (κ3) is 3.29. The van der Waals surface area contributed by atoms with Crippen LogP contribution in [-0.2, 0) is 13.6 Å². The van der Waals surface area contributed by atoms with Gasteiger partial charge in [0, 0.05) is 30.6 Å². The lowest BCUT2D eigenvalue weighted by Crippen LogP contribution is -2.37. The molecule has 0 radical (unpaired) electrons. The van der Waals surface area contributed by atoms with E-state index in [1.54, 1.807) is 11.8 Å². The normalized spacial score (nSPS) is 14.2. The molecule has 2 N–H and O–H groups in total. The van der Waals surface area contributed by atoms with Gasteiger partial charge < -0.3 is 15.0 Å². The number of aliphatic hydroxyl groups excluding tert-OH is 1. The first kappa shape index (κ1) is 15.1. The third-order valence-corrected chi connectivity index (χ3v) is 4.57. The molecule has 0 saturated carbocycles. The number of thioether (sulfide) groups is 1. The topological polar surface area (TPSA) is 61.0 Å². The first-order valence-electron chi connectivity index (χ1n) is 5.97. The molecule has 0 aliphatic carbocycles. The van der Waals surface area contributed by atoms with Crippen LogP contribution in [0, 0.1) is 18.3 Å². The number of aromatic nitrogens is 1. The Bertz CT molecular complexity index is 432. The first-order chi connectivity index (χ1) is 8.54. The molecule has 2 unspecified atom stereocenters. The van der Waals surface area contributed by atoms with Crippen LogP contribution in [0.25, 0.3) is 0 Å². The van der Waals surface area contributed by atoms with Crippen molar-refractivity contribution in [1.82, 2.24) is 9.88 Å². The van der Waals surface area contributed by atoms with Gasteiger partial charge in [-0.3, -0.25) is 0 Å². The lowest BCUT2D eigenvalue weighted by molar-refractivity contribution is 0.276. The number of hydrogen-bond acceptors (Lipinski definition) is 4. The van der Waals surface area contributed by atoms with Crippen molar-refractivity contribution >= 4 is 11.8 Å². The lowest BCUT2D eigenvalue weighted by Gasteiger charge is -2.21. The first-order valence-corrected chi connectivity index (χ1v) is 7.26. The van der Waals surface area contributed by atoms with E-state index in [0.29, 0.717) is 5.69 Å². The van der Waals surface area contributed by atoms with Crippen molar-refractivity contribution in [1.29, 1.82) is 5.26 Å². The summed E-state index contributed by atoms with van der Waals surface area (Å²) >= 11 is 1.66. The van der Waals surface area contributed by atoms with Crippen molar-refractivity contribution in [3.63, 3.8) is 0 Å². The third-order valence-electron chi connectivity index (χ3n) is 3.41. The van der Waals surface area contributed by atoms with Gasteiger partial charge in [-0.05, 0) is 31.7 Å². The average Bonchev–Trinajstić information content (AvgIpc) is 2.65. The van der Waals surface area contributed by atoms with E-state index in [-0.39, 0.29) is 17.9 Å². The highest BCUT2D eigenvalue weighted by Crippen LogP contribution is 2.15. The maximum Gasteiger partial charge on any atom is 0.120 e. The van der Waals surface area contributed by atoms with Gasteiger partial charge in [0.05, 0.1) is 6.61 Å². The minimum absolute atomic E-state index is 0.173. The zero-order valence-corrected chi connectivity index (χ0v) is 12.2. The van der Waals surface area contributed by atoms with Gasteiger partial charge in [-0.25, -0.2) is 0 Å². The van der Waals surface area contributed by atoms with Crippen molar-refractivity contribution in [2.45, 2.75) is 31.7 Å². The van der Waals surface area contributed by atoms with E-state index in [0.717, 1.165) is 17.8 Å². The van der Waals surface area contributed by atoms with Crippen molar-refractivity contribution in [3.8, 4) is 6.07 Å². The average molecular weight is 267 g/mol. The highest BCUT2D eigenvalue weighted by molar-refractivity contribution is 7.99. The quantitative estimate of drug-likeness (QED) is 0.818. The summed E-state index contributed by atoms with van der Waals surface area (Å²) in [4.78, 5) is 0. The molecular formula is C13H21N3OS. The van der Waals surface area contributed by atoms with Crippen LogP contribution in [0.1, 0.15) is 23.9 Å². The fraction of sp³-hybridized carbons (Fsp3) is 0.615. The summed E-state index contributed by atoms with van der Waals surface area (Å²) in [5.41, 5.74) is 2.93. The summed E-state index contributed by atoms with van der Waals surface area (Å²) < 4.78 is 1.90. The van der Waals surface area contributed by atoms with Crippen LogP contribution in [0.5, 0.6) is 0 Å². The molecular weight excluding hydrogens is 246 g/mol. The molecule has 5 heteroatoms. The fourth-order valence-corrected chi connectivity index (χ4v) is 2.54. The Hall–Kier alpha value is -0.960. The van der Waals surface area contributed by atoms with E-state index in [9.17, 15) is 5.11 Å². The maximum absolute atomic E-state index is 9.23. The van der Waals surface area contributed by atoms with Crippen molar-refractivity contribution < 1.29 is 5.11 Å². The summed E-state index contributed by atoms with van der Waals surface area (Å²) in [7, 11) is 1.90. The molecule has 0 aliphatic rings. The van der Waals surface area contributed by atoms with Crippen LogP contribution in [0.15, 0.2) is 6.07 Å². The Labute approximate surface area is 113 Å². The van der Waals surface area contributed by atoms with E-state index in [4.69, 9.17) is 5.26 Å². The number of aliphatic hydroxyl groups is 1. The highest BCUT2D eigenvalue weighted by atomic mass is 32.2. The Balaban J connectivity index is 2.67. The van der Waals surface area contributed by atoms with Crippen LogP contribution >= 0.6 is 11.8 Å². The van der Waals surface area contributed by atoms with Gasteiger partial charge in [-0.15, -0.1) is 0 Å². The second kappa shape index (κ2) is 6.83. The highest BCUT2D eigenvalue weighted by Gasteiger charge is 2.15. The zero-order valence-electron chi connectivity index (χ0n) is 11.4. The molecule has 1 heterocycles. The molecule has 0 fully saturated rings. The summed E-state index contributed by atoms with van der Waals surface area (Å²) in [6, 6.07) is 4.33. The van der Waals surface area contributed by atoms with Crippen LogP contribution in [0.4, 0.5) is 0 Å². The minimum Gasteiger partial charge on any atom is -0.395 e. The summed E-state index contributed by atoms with van der Waals surface area (Å²) in [6.45, 7) is 4.98. The number of nitrogens with zero attached hydrogens (tertiary/aromatic N) is 2. The van der Waals surface area contributed by atoms with E-state index >= 15 is 0 Å². The van der Waals surface area contributed by atoms with E-state index in [2.05, 4.69) is 18.3 Å². The van der Waals surface area contributed by atoms with Crippen molar-refractivity contribution in [3.05, 3.63) is 23.0 Å². The molecule has 1 aromatic rings. The summed E-state index contributed by atoms with van der Waals surface area (Å²) in [5, 5.41) is 21.8. The number of nitriles is 1. The number of nitrogens with one attached hydrogen (secondary N) is 1. The predicted molar refractivity (Wildman–Crippen MR) is 75.6 cm³/mol. The van der Waals surface area contributed by atoms with Crippen LogP contribution in [0.2, 0.25) is 0 Å². The molecule has 4 nitrogen and oxygen atoms in total. The molecule has 0 saturated heterocycles. The molecule has 2 atom stereocenters. The van der Waals surface area contributed by atoms with Crippen LogP contribution in [0.3, 0.4) is 0 Å². The van der Waals surface area contributed by atoms with Gasteiger partial charge >= 0.3 is 0 Å². The maximum atomic E-state index is 9.23. The predicted octanol–water partition coefficient (Wildman–Crippen LogP) is 1.41. The smallest absolute Gasteiger partial charge is 0.120 e. The molecule has 18 heavy (non-hydrogen) atoms. The van der Waals surface area contributed by atoms with Gasteiger partial charge in [0.15, 0.2) is 0 Å². The minimum atomic E-state index is 0.173. The lowest BCUT2D eigenvalue weighted by atomic mass is 10.2. The monoisotopic (exact) mass is 267 g/mol.